The molecule has 0 bridgehead atoms. The van der Waals surface area contributed by atoms with Crippen LogP contribution < -0.4 is 22.5 Å². The fourth-order valence-electron chi connectivity index (χ4n) is 1.29. The molecule has 0 radical (unpaired) electrons. The molecular formula is C11H16N4O3. The van der Waals surface area contributed by atoms with Crippen LogP contribution in [0.4, 0.5) is 11.4 Å². The summed E-state index contributed by atoms with van der Waals surface area (Å²) in [6.07, 6.45) is 0. The molecule has 1 aromatic carbocycles. The van der Waals surface area contributed by atoms with Gasteiger partial charge in [-0.15, -0.1) is 0 Å². The molecule has 1 aromatic rings. The molecular weight excluding hydrogens is 236 g/mol. The molecule has 0 atom stereocenters. The van der Waals surface area contributed by atoms with Crippen molar-refractivity contribution in [1.29, 1.82) is 0 Å². The molecule has 7 heteroatoms. The predicted octanol–water partition coefficient (Wildman–Crippen LogP) is -0.917. The number of anilines is 2. The Morgan fingerprint density at radius 2 is 2.00 bits per heavy atom. The third kappa shape index (κ3) is 4.30. The van der Waals surface area contributed by atoms with Crippen molar-refractivity contribution in [2.45, 2.75) is 0 Å². The second-order valence-corrected chi connectivity index (χ2v) is 3.62. The van der Waals surface area contributed by atoms with Gasteiger partial charge in [-0.1, -0.05) is 0 Å². The summed E-state index contributed by atoms with van der Waals surface area (Å²) in [6, 6.07) is 4.65. The summed E-state index contributed by atoms with van der Waals surface area (Å²) in [6.45, 7) is 0.291. The normalized spacial score (nSPS) is 10.0. The lowest BCUT2D eigenvalue weighted by Crippen LogP contribution is -2.29. The quantitative estimate of drug-likeness (QED) is 0.384. The summed E-state index contributed by atoms with van der Waals surface area (Å²) < 4.78 is 4.89. The van der Waals surface area contributed by atoms with E-state index in [0.29, 0.717) is 16.9 Å². The smallest absolute Gasteiger partial charge is 0.253 e. The van der Waals surface area contributed by atoms with Crippen LogP contribution in [0.1, 0.15) is 10.4 Å². The zero-order chi connectivity index (χ0) is 13.5. The average Bonchev–Trinajstić information content (AvgIpc) is 2.27. The zero-order valence-corrected chi connectivity index (χ0v) is 9.81. The van der Waals surface area contributed by atoms with Crippen LogP contribution in [0.25, 0.3) is 0 Å². The molecule has 0 aliphatic carbocycles. The molecule has 2 amide bonds. The maximum absolute atomic E-state index is 11.7. The van der Waals surface area contributed by atoms with Crippen LogP contribution in [-0.4, -0.2) is 31.6 Å². The monoisotopic (exact) mass is 252 g/mol. The van der Waals surface area contributed by atoms with E-state index in [2.05, 4.69) is 5.32 Å². The molecule has 0 saturated heterocycles. The van der Waals surface area contributed by atoms with E-state index in [9.17, 15) is 9.59 Å². The number of nitrogens with two attached hydrogens (primary N) is 3. The van der Waals surface area contributed by atoms with Gasteiger partial charge in [-0.05, 0) is 18.2 Å². The third-order valence-corrected chi connectivity index (χ3v) is 2.10. The van der Waals surface area contributed by atoms with E-state index in [1.807, 2.05) is 0 Å². The molecule has 0 fully saturated rings. The Morgan fingerprint density at radius 1 is 1.28 bits per heavy atom. The topological polar surface area (TPSA) is 133 Å². The number of primary amides is 1. The van der Waals surface area contributed by atoms with Gasteiger partial charge in [0.1, 0.15) is 6.61 Å². The van der Waals surface area contributed by atoms with Crippen molar-refractivity contribution in [3.05, 3.63) is 23.8 Å². The molecule has 98 valence electrons. The molecule has 0 unspecified atom stereocenters. The van der Waals surface area contributed by atoms with Crippen LogP contribution in [0.5, 0.6) is 0 Å². The summed E-state index contributed by atoms with van der Waals surface area (Å²) >= 11 is 0. The largest absolute Gasteiger partial charge is 0.399 e. The van der Waals surface area contributed by atoms with E-state index in [1.165, 1.54) is 6.07 Å². The predicted molar refractivity (Wildman–Crippen MR) is 67.6 cm³/mol. The van der Waals surface area contributed by atoms with Crippen LogP contribution in [0.15, 0.2) is 18.2 Å². The Morgan fingerprint density at radius 3 is 2.61 bits per heavy atom. The number of hydrogen-bond donors (Lipinski definition) is 4. The van der Waals surface area contributed by atoms with Gasteiger partial charge in [0.15, 0.2) is 0 Å². The van der Waals surface area contributed by atoms with Crippen LogP contribution in [0.2, 0.25) is 0 Å². The van der Waals surface area contributed by atoms with Gasteiger partial charge in [0.2, 0.25) is 5.91 Å². The summed E-state index contributed by atoms with van der Waals surface area (Å²) in [5, 5.41) is 2.60. The SMILES string of the molecule is NC(=O)COCCNC(=O)c1ccc(N)cc1N. The molecule has 0 aliphatic heterocycles. The standard InChI is InChI=1S/C11H16N4O3/c12-7-1-2-8(9(13)5-7)11(17)15-3-4-18-6-10(14)16/h1-2,5H,3-4,6,12-13H2,(H2,14,16)(H,15,17). The first-order chi connectivity index (χ1) is 8.50. The molecule has 0 aromatic heterocycles. The van der Waals surface area contributed by atoms with Gasteiger partial charge >= 0.3 is 0 Å². The zero-order valence-electron chi connectivity index (χ0n) is 9.81. The second kappa shape index (κ2) is 6.45. The number of carbonyl (C=O) groups is 2. The highest BCUT2D eigenvalue weighted by atomic mass is 16.5. The first-order valence-electron chi connectivity index (χ1n) is 5.30. The molecule has 1 rings (SSSR count). The van der Waals surface area contributed by atoms with Crippen LogP contribution in [0, 0.1) is 0 Å². The van der Waals surface area contributed by atoms with Gasteiger partial charge in [-0.3, -0.25) is 9.59 Å². The van der Waals surface area contributed by atoms with E-state index in [-0.39, 0.29) is 25.7 Å². The fraction of sp³-hybridized carbons (Fsp3) is 0.273. The maximum atomic E-state index is 11.7. The molecule has 0 aliphatic rings. The van der Waals surface area contributed by atoms with Gasteiger partial charge in [-0.2, -0.15) is 0 Å². The van der Waals surface area contributed by atoms with Gasteiger partial charge in [0.05, 0.1) is 12.2 Å². The van der Waals surface area contributed by atoms with Crippen molar-refractivity contribution in [3.8, 4) is 0 Å². The lowest BCUT2D eigenvalue weighted by molar-refractivity contribution is -0.122. The molecule has 0 spiro atoms. The van der Waals surface area contributed by atoms with Crippen molar-refractivity contribution >= 4 is 23.2 Å². The minimum Gasteiger partial charge on any atom is -0.399 e. The van der Waals surface area contributed by atoms with E-state index < -0.39 is 5.91 Å². The summed E-state index contributed by atoms with van der Waals surface area (Å²) in [7, 11) is 0. The lowest BCUT2D eigenvalue weighted by Gasteiger charge is -2.08. The number of benzene rings is 1. The molecule has 0 heterocycles. The molecule has 7 nitrogen and oxygen atoms in total. The highest BCUT2D eigenvalue weighted by Gasteiger charge is 2.08. The number of carbonyl (C=O) groups excluding carboxylic acids is 2. The van der Waals surface area contributed by atoms with E-state index in [1.54, 1.807) is 12.1 Å². The first-order valence-corrected chi connectivity index (χ1v) is 5.30. The van der Waals surface area contributed by atoms with Gasteiger partial charge < -0.3 is 27.3 Å². The fourth-order valence-corrected chi connectivity index (χ4v) is 1.29. The molecule has 18 heavy (non-hydrogen) atoms. The highest BCUT2D eigenvalue weighted by molar-refractivity contribution is 5.99. The highest BCUT2D eigenvalue weighted by Crippen LogP contribution is 2.15. The number of nitrogen functional groups attached to an aromatic ring is 2. The Kier molecular flexibility index (Phi) is 4.94. The average molecular weight is 252 g/mol. The first kappa shape index (κ1) is 13.8. The minimum atomic E-state index is -0.552. The van der Waals surface area contributed by atoms with Gasteiger partial charge in [-0.25, -0.2) is 0 Å². The second-order valence-electron chi connectivity index (χ2n) is 3.62. The lowest BCUT2D eigenvalue weighted by atomic mass is 10.1. The van der Waals surface area contributed by atoms with Crippen molar-refractivity contribution in [3.63, 3.8) is 0 Å². The van der Waals surface area contributed by atoms with Crippen LogP contribution >= 0.6 is 0 Å². The summed E-state index contributed by atoms with van der Waals surface area (Å²) in [5.74, 6) is -0.876. The Labute approximate surface area is 104 Å². The van der Waals surface area contributed by atoms with E-state index >= 15 is 0 Å². The van der Waals surface area contributed by atoms with Gasteiger partial charge in [0, 0.05) is 17.9 Å². The molecule has 0 saturated carbocycles. The van der Waals surface area contributed by atoms with Crippen molar-refractivity contribution < 1.29 is 14.3 Å². The summed E-state index contributed by atoms with van der Waals surface area (Å²) in [5.41, 5.74) is 17.2. The van der Waals surface area contributed by atoms with Crippen molar-refractivity contribution in [1.82, 2.24) is 5.32 Å². The van der Waals surface area contributed by atoms with Gasteiger partial charge in [0.25, 0.3) is 5.91 Å². The number of ether oxygens (including phenoxy) is 1. The maximum Gasteiger partial charge on any atom is 0.253 e. The van der Waals surface area contributed by atoms with Crippen LogP contribution in [-0.2, 0) is 9.53 Å². The van der Waals surface area contributed by atoms with Crippen LogP contribution in [0.3, 0.4) is 0 Å². The number of rotatable bonds is 6. The summed E-state index contributed by atoms with van der Waals surface area (Å²) in [4.78, 5) is 22.1. The number of hydrogen-bond acceptors (Lipinski definition) is 5. The van der Waals surface area contributed by atoms with E-state index in [0.717, 1.165) is 0 Å². The number of amides is 2. The van der Waals surface area contributed by atoms with Crippen molar-refractivity contribution in [2.24, 2.45) is 5.73 Å². The van der Waals surface area contributed by atoms with E-state index in [4.69, 9.17) is 21.9 Å². The Hall–Kier alpha value is -2.28. The number of nitrogens with one attached hydrogen (secondary N) is 1. The Bertz CT molecular complexity index is 448. The third-order valence-electron chi connectivity index (χ3n) is 2.10. The molecule has 7 N–H and O–H groups in total. The minimum absolute atomic E-state index is 0.167. The van der Waals surface area contributed by atoms with Crippen molar-refractivity contribution in [2.75, 3.05) is 31.2 Å². The Balaban J connectivity index is 2.39.